The quantitative estimate of drug-likeness (QED) is 0.362. The summed E-state index contributed by atoms with van der Waals surface area (Å²) >= 11 is 1.35. The second-order valence-corrected chi connectivity index (χ2v) is 10.1. The van der Waals surface area contributed by atoms with Gasteiger partial charge in [-0.05, 0) is 17.7 Å². The van der Waals surface area contributed by atoms with Crippen LogP contribution in [0.25, 0.3) is 32.2 Å². The summed E-state index contributed by atoms with van der Waals surface area (Å²) in [5, 5.41) is 18.2. The molecule has 0 saturated carbocycles. The van der Waals surface area contributed by atoms with Gasteiger partial charge < -0.3 is 9.88 Å². The Morgan fingerprint density at radius 3 is 2.61 bits per heavy atom. The molecule has 6 aromatic rings. The molecule has 0 saturated heterocycles. The van der Waals surface area contributed by atoms with E-state index in [1.54, 1.807) is 41.0 Å². The number of aromatic nitrogens is 8. The zero-order chi connectivity index (χ0) is 26.7. The Bertz CT molecular complexity index is 1960. The van der Waals surface area contributed by atoms with E-state index in [0.29, 0.717) is 33.8 Å². The molecule has 12 nitrogen and oxygen atoms in total. The van der Waals surface area contributed by atoms with Gasteiger partial charge in [0.1, 0.15) is 16.6 Å². The molecule has 13 heteroatoms. The van der Waals surface area contributed by atoms with E-state index >= 15 is 0 Å². The van der Waals surface area contributed by atoms with Crippen LogP contribution in [0.5, 0.6) is 0 Å². The van der Waals surface area contributed by atoms with Gasteiger partial charge >= 0.3 is 0 Å². The van der Waals surface area contributed by atoms with E-state index in [-0.39, 0.29) is 17.4 Å². The summed E-state index contributed by atoms with van der Waals surface area (Å²) in [6.07, 6.45) is 5.03. The number of aryl methyl sites for hydroxylation is 2. The topological polar surface area (TPSA) is 135 Å². The Morgan fingerprint density at radius 1 is 1.08 bits per heavy atom. The van der Waals surface area contributed by atoms with Gasteiger partial charge in [-0.3, -0.25) is 19.1 Å². The molecule has 5 heterocycles. The van der Waals surface area contributed by atoms with Crippen molar-refractivity contribution in [2.24, 2.45) is 14.1 Å². The molecule has 0 spiro atoms. The van der Waals surface area contributed by atoms with Gasteiger partial charge in [0, 0.05) is 44.9 Å². The van der Waals surface area contributed by atoms with Crippen molar-refractivity contribution in [3.05, 3.63) is 69.5 Å². The zero-order valence-electron chi connectivity index (χ0n) is 21.0. The van der Waals surface area contributed by atoms with Crippen molar-refractivity contribution >= 4 is 55.3 Å². The lowest BCUT2D eigenvalue weighted by atomic mass is 10.1. The van der Waals surface area contributed by atoms with Crippen LogP contribution in [0, 0.1) is 0 Å². The Balaban J connectivity index is 1.43. The fourth-order valence-electron chi connectivity index (χ4n) is 4.71. The first kappa shape index (κ1) is 23.7. The van der Waals surface area contributed by atoms with Crippen LogP contribution in [-0.2, 0) is 25.4 Å². The molecule has 192 valence electrons. The first-order valence-electron chi connectivity index (χ1n) is 11.8. The van der Waals surface area contributed by atoms with Gasteiger partial charge in [0.2, 0.25) is 11.8 Å². The minimum atomic E-state index is -0.645. The number of fused-ring (bicyclic) bond motifs is 4. The molecule has 0 radical (unpaired) electrons. The summed E-state index contributed by atoms with van der Waals surface area (Å²) in [5.74, 6) is -0.500. The highest BCUT2D eigenvalue weighted by atomic mass is 32.1. The van der Waals surface area contributed by atoms with Crippen molar-refractivity contribution in [1.29, 1.82) is 0 Å². The lowest BCUT2D eigenvalue weighted by Gasteiger charge is -2.13. The molecular formula is C25H23N9O3S. The molecule has 5 aromatic heterocycles. The van der Waals surface area contributed by atoms with Crippen molar-refractivity contribution < 1.29 is 9.59 Å². The van der Waals surface area contributed by atoms with Gasteiger partial charge in [0.25, 0.3) is 5.56 Å². The monoisotopic (exact) mass is 529 g/mol. The van der Waals surface area contributed by atoms with Gasteiger partial charge in [-0.2, -0.15) is 15.3 Å². The number of carbonyl (C=O) groups is 2. The molecular weight excluding hydrogens is 506 g/mol. The van der Waals surface area contributed by atoms with Crippen LogP contribution in [-0.4, -0.2) is 50.7 Å². The first-order valence-corrected chi connectivity index (χ1v) is 12.6. The maximum Gasteiger partial charge on any atom is 0.291 e. The number of hydrogen-bond acceptors (Lipinski definition) is 8. The van der Waals surface area contributed by atoms with E-state index in [9.17, 15) is 14.4 Å². The highest BCUT2D eigenvalue weighted by Crippen LogP contribution is 2.35. The normalized spacial score (nSPS) is 12.5. The van der Waals surface area contributed by atoms with Crippen LogP contribution in [0.4, 0.5) is 0 Å². The maximum absolute atomic E-state index is 13.5. The van der Waals surface area contributed by atoms with E-state index in [4.69, 9.17) is 4.98 Å². The summed E-state index contributed by atoms with van der Waals surface area (Å²) in [4.78, 5) is 42.0. The first-order chi connectivity index (χ1) is 18.2. The average Bonchev–Trinajstić information content (AvgIpc) is 3.65. The predicted octanol–water partition coefficient (Wildman–Crippen LogP) is 2.36. The summed E-state index contributed by atoms with van der Waals surface area (Å²) in [7, 11) is 3.67. The summed E-state index contributed by atoms with van der Waals surface area (Å²) in [6, 6.07) is 6.93. The molecule has 1 amide bonds. The fourth-order valence-corrected chi connectivity index (χ4v) is 5.88. The van der Waals surface area contributed by atoms with Crippen LogP contribution in [0.3, 0.4) is 0 Å². The summed E-state index contributed by atoms with van der Waals surface area (Å²) in [6.45, 7) is 3.12. The Kier molecular flexibility index (Phi) is 5.45. The summed E-state index contributed by atoms with van der Waals surface area (Å²) < 4.78 is 7.00. The second-order valence-electron chi connectivity index (χ2n) is 9.09. The number of carbonyl (C=O) groups excluding carboxylic acids is 2. The van der Waals surface area contributed by atoms with Crippen LogP contribution >= 0.6 is 11.3 Å². The highest BCUT2D eigenvalue weighted by molar-refractivity contribution is 7.19. The smallest absolute Gasteiger partial charge is 0.291 e. The molecule has 38 heavy (non-hydrogen) atoms. The number of amides is 1. The number of rotatable bonds is 5. The zero-order valence-corrected chi connectivity index (χ0v) is 21.9. The van der Waals surface area contributed by atoms with E-state index in [1.807, 2.05) is 25.2 Å². The lowest BCUT2D eigenvalue weighted by Crippen LogP contribution is -2.27. The lowest BCUT2D eigenvalue weighted by molar-refractivity contribution is -0.119. The molecule has 0 fully saturated rings. The SMILES string of the molecule is CC(=O)NC(c1ccn(C(C)=O)n1)c1nc2c(s1)c1cnn(Cc3cccc4c3cnn4C)c(=O)c1n2C. The van der Waals surface area contributed by atoms with Gasteiger partial charge in [0.15, 0.2) is 5.65 Å². The fraction of sp³-hybridized carbons (Fsp3) is 0.240. The van der Waals surface area contributed by atoms with Crippen LogP contribution in [0.2, 0.25) is 0 Å². The Labute approximate surface area is 219 Å². The summed E-state index contributed by atoms with van der Waals surface area (Å²) in [5.41, 5.74) is 3.29. The van der Waals surface area contributed by atoms with Gasteiger partial charge in [-0.1, -0.05) is 12.1 Å². The average molecular weight is 530 g/mol. The van der Waals surface area contributed by atoms with Crippen LogP contribution in [0.1, 0.15) is 40.9 Å². The molecule has 0 bridgehead atoms. The van der Waals surface area contributed by atoms with Crippen molar-refractivity contribution in [2.75, 3.05) is 0 Å². The molecule has 1 aromatic carbocycles. The van der Waals surface area contributed by atoms with Crippen molar-refractivity contribution in [2.45, 2.75) is 26.4 Å². The largest absolute Gasteiger partial charge is 0.341 e. The molecule has 1 unspecified atom stereocenters. The molecule has 1 N–H and O–H groups in total. The Hall–Kier alpha value is -4.65. The molecule has 0 aliphatic carbocycles. The maximum atomic E-state index is 13.5. The predicted molar refractivity (Wildman–Crippen MR) is 142 cm³/mol. The minimum absolute atomic E-state index is 0.226. The third-order valence-electron chi connectivity index (χ3n) is 6.57. The number of nitrogens with one attached hydrogen (secondary N) is 1. The van der Waals surface area contributed by atoms with Crippen molar-refractivity contribution in [3.63, 3.8) is 0 Å². The molecule has 6 rings (SSSR count). The number of nitrogens with zero attached hydrogens (tertiary/aromatic N) is 8. The molecule has 1 atom stereocenters. The van der Waals surface area contributed by atoms with E-state index in [0.717, 1.165) is 21.2 Å². The third kappa shape index (κ3) is 3.70. The van der Waals surface area contributed by atoms with E-state index in [1.165, 1.54) is 34.5 Å². The van der Waals surface area contributed by atoms with Crippen molar-refractivity contribution in [1.82, 2.24) is 44.2 Å². The van der Waals surface area contributed by atoms with Crippen LogP contribution < -0.4 is 10.9 Å². The minimum Gasteiger partial charge on any atom is -0.341 e. The third-order valence-corrected chi connectivity index (χ3v) is 7.71. The van der Waals surface area contributed by atoms with Crippen LogP contribution in [0.15, 0.2) is 47.7 Å². The molecule has 0 aliphatic rings. The highest BCUT2D eigenvalue weighted by Gasteiger charge is 2.26. The number of benzene rings is 1. The number of thiazole rings is 1. The Morgan fingerprint density at radius 2 is 1.87 bits per heavy atom. The van der Waals surface area contributed by atoms with Gasteiger partial charge in [-0.25, -0.2) is 14.3 Å². The van der Waals surface area contributed by atoms with E-state index in [2.05, 4.69) is 20.6 Å². The van der Waals surface area contributed by atoms with Gasteiger partial charge in [0.05, 0.1) is 34.8 Å². The van der Waals surface area contributed by atoms with E-state index < -0.39 is 6.04 Å². The van der Waals surface area contributed by atoms with Crippen molar-refractivity contribution in [3.8, 4) is 0 Å². The second kappa shape index (κ2) is 8.73. The van der Waals surface area contributed by atoms with Gasteiger partial charge in [-0.15, -0.1) is 11.3 Å². The number of hydrogen-bond donors (Lipinski definition) is 1. The molecule has 0 aliphatic heterocycles. The standard InChI is InChI=1S/C25H23N9O3S/c1-13(35)28-20(18-8-9-33(30-18)14(2)36)24-29-23-22(38-24)17-11-27-34(25(37)21(17)31(23)3)12-15-6-5-7-19-16(15)10-26-32(19)4/h5-11,20H,12H2,1-4H3,(H,28,35).